The van der Waals surface area contributed by atoms with Gasteiger partial charge in [0.2, 0.25) is 0 Å². The molecular weight excluding hydrogens is 388 g/mol. The lowest BCUT2D eigenvalue weighted by molar-refractivity contribution is 1.15. The van der Waals surface area contributed by atoms with E-state index in [-0.39, 0.29) is 0 Å². The Morgan fingerprint density at radius 1 is 1.32 bits per heavy atom. The average Bonchev–Trinajstić information content (AvgIpc) is 3.16. The van der Waals surface area contributed by atoms with E-state index in [9.17, 15) is 0 Å². The van der Waals surface area contributed by atoms with Crippen LogP contribution in [0.2, 0.25) is 0 Å². The van der Waals surface area contributed by atoms with Gasteiger partial charge in [0.15, 0.2) is 5.17 Å². The summed E-state index contributed by atoms with van der Waals surface area (Å²) < 4.78 is 0. The molecule has 0 bridgehead atoms. The summed E-state index contributed by atoms with van der Waals surface area (Å²) in [6, 6.07) is 8.10. The molecule has 3 rings (SSSR count). The molecule has 0 fully saturated rings. The quantitative estimate of drug-likeness (QED) is 0.461. The number of aromatic nitrogens is 1. The minimum atomic E-state index is 0.556. The Bertz CT molecular complexity index is 1170. The molecule has 0 saturated carbocycles. The van der Waals surface area contributed by atoms with Crippen LogP contribution in [0, 0.1) is 0 Å². The van der Waals surface area contributed by atoms with Crippen molar-refractivity contribution in [2.45, 2.75) is 6.92 Å². The number of allylic oxidation sites excluding steroid dienone is 3. The summed E-state index contributed by atoms with van der Waals surface area (Å²) in [5.41, 5.74) is 3.57. The third-order valence-electron chi connectivity index (χ3n) is 4.47. The maximum absolute atomic E-state index is 6.14. The zero-order valence-electron chi connectivity index (χ0n) is 15.9. The Morgan fingerprint density at radius 3 is 2.82 bits per heavy atom. The number of hydrogen-bond donors (Lipinski definition) is 1. The smallest absolute Gasteiger partial charge is 0.165 e. The molecule has 0 atom stereocenters. The fourth-order valence-electron chi connectivity index (χ4n) is 2.85. The molecular formula is C22H21ClN4S. The Kier molecular flexibility index (Phi) is 6.17. The molecule has 2 heterocycles. The van der Waals surface area contributed by atoms with Gasteiger partial charge in [0.05, 0.1) is 17.4 Å². The molecule has 0 spiro atoms. The van der Waals surface area contributed by atoms with Crippen molar-refractivity contribution < 1.29 is 0 Å². The Hall–Kier alpha value is -2.63. The van der Waals surface area contributed by atoms with E-state index in [1.165, 1.54) is 11.8 Å². The highest BCUT2D eigenvalue weighted by molar-refractivity contribution is 8.17. The first-order valence-corrected chi connectivity index (χ1v) is 9.86. The number of nitrogens with zero attached hydrogens (tertiary/aromatic N) is 3. The molecule has 1 aromatic carbocycles. The molecule has 1 aromatic heterocycles. The van der Waals surface area contributed by atoms with Gasteiger partial charge in [0.25, 0.3) is 0 Å². The van der Waals surface area contributed by atoms with Gasteiger partial charge < -0.3 is 5.32 Å². The summed E-state index contributed by atoms with van der Waals surface area (Å²) >= 11 is 7.54. The van der Waals surface area contributed by atoms with Gasteiger partial charge in [-0.05, 0) is 18.6 Å². The molecule has 1 aliphatic heterocycles. The Balaban J connectivity index is 1.87. The fourth-order valence-corrected chi connectivity index (χ4v) is 3.78. The van der Waals surface area contributed by atoms with Gasteiger partial charge in [0.1, 0.15) is 0 Å². The van der Waals surface area contributed by atoms with Crippen LogP contribution in [0.15, 0.2) is 87.5 Å². The first-order chi connectivity index (χ1) is 13.5. The van der Waals surface area contributed by atoms with Gasteiger partial charge in [-0.1, -0.05) is 67.4 Å². The van der Waals surface area contributed by atoms with Crippen molar-refractivity contribution in [2.24, 2.45) is 9.98 Å². The van der Waals surface area contributed by atoms with Crippen molar-refractivity contribution in [2.75, 3.05) is 13.6 Å². The first-order valence-electron chi connectivity index (χ1n) is 8.66. The van der Waals surface area contributed by atoms with Gasteiger partial charge in [-0.2, -0.15) is 0 Å². The van der Waals surface area contributed by atoms with Gasteiger partial charge >= 0.3 is 0 Å². The summed E-state index contributed by atoms with van der Waals surface area (Å²) in [4.78, 5) is 14.3. The van der Waals surface area contributed by atoms with Crippen LogP contribution in [0.5, 0.6) is 0 Å². The van der Waals surface area contributed by atoms with Crippen molar-refractivity contribution in [3.63, 3.8) is 0 Å². The largest absolute Gasteiger partial charge is 0.335 e. The maximum Gasteiger partial charge on any atom is 0.165 e. The molecule has 0 radical (unpaired) electrons. The van der Waals surface area contributed by atoms with Gasteiger partial charge in [-0.25, -0.2) is 0 Å². The molecule has 4 nitrogen and oxygen atoms in total. The van der Waals surface area contributed by atoms with Crippen LogP contribution in [-0.4, -0.2) is 23.7 Å². The SMILES string of the molecule is C=C/C(Cl)=C(\C)C(=C)SC(=NC)NC(=C)C1=c2ccc3cccnc3c2=NC1. The topological polar surface area (TPSA) is 49.6 Å². The number of benzene rings is 1. The summed E-state index contributed by atoms with van der Waals surface area (Å²) in [6.07, 6.45) is 3.39. The van der Waals surface area contributed by atoms with Crippen LogP contribution in [-0.2, 0) is 0 Å². The number of pyridine rings is 1. The monoisotopic (exact) mass is 408 g/mol. The summed E-state index contributed by atoms with van der Waals surface area (Å²) in [7, 11) is 1.72. The standard InChI is InChI=1S/C22H21ClN4S/c1-6-19(23)13(2)15(4)28-22(24-5)27-14(3)18-12-26-21-17(18)10-9-16-8-7-11-25-20(16)21/h6-11H,1,3-4,12H2,2,5H3,(H,24,27)/b19-13-. The number of halogens is 1. The maximum atomic E-state index is 6.14. The molecule has 6 heteroatoms. The second-order valence-corrected chi connectivity index (χ2v) is 7.66. The van der Waals surface area contributed by atoms with E-state index < -0.39 is 0 Å². The number of rotatable bonds is 5. The number of nitrogens with one attached hydrogen (secondary N) is 1. The highest BCUT2D eigenvalue weighted by atomic mass is 35.5. The van der Waals surface area contributed by atoms with Gasteiger partial charge in [-0.15, -0.1) is 0 Å². The molecule has 0 amide bonds. The minimum Gasteiger partial charge on any atom is -0.335 e. The van der Waals surface area contributed by atoms with E-state index in [1.54, 1.807) is 19.3 Å². The van der Waals surface area contributed by atoms with Crippen LogP contribution in [0.1, 0.15) is 6.92 Å². The van der Waals surface area contributed by atoms with Crippen molar-refractivity contribution in [1.29, 1.82) is 0 Å². The molecule has 1 aliphatic rings. The predicted molar refractivity (Wildman–Crippen MR) is 122 cm³/mol. The molecule has 0 aliphatic carbocycles. The van der Waals surface area contributed by atoms with E-state index in [1.807, 2.05) is 19.1 Å². The van der Waals surface area contributed by atoms with Crippen LogP contribution in [0.4, 0.5) is 0 Å². The minimum absolute atomic E-state index is 0.556. The summed E-state index contributed by atoms with van der Waals surface area (Å²) in [6.45, 7) is 14.4. The molecule has 1 N–H and O–H groups in total. The summed E-state index contributed by atoms with van der Waals surface area (Å²) in [5.74, 6) is 0. The number of amidine groups is 1. The zero-order chi connectivity index (χ0) is 20.3. The zero-order valence-corrected chi connectivity index (χ0v) is 17.5. The highest BCUT2D eigenvalue weighted by Crippen LogP contribution is 2.27. The lowest BCUT2D eigenvalue weighted by Gasteiger charge is -2.14. The van der Waals surface area contributed by atoms with Crippen molar-refractivity contribution in [3.8, 4) is 0 Å². The Labute approximate surface area is 173 Å². The van der Waals surface area contributed by atoms with E-state index in [4.69, 9.17) is 11.6 Å². The molecule has 0 unspecified atom stereocenters. The number of aliphatic imine (C=N–C) groups is 1. The van der Waals surface area contributed by atoms with E-state index in [0.29, 0.717) is 16.7 Å². The lowest BCUT2D eigenvalue weighted by Crippen LogP contribution is -2.28. The average molecular weight is 409 g/mol. The third-order valence-corrected chi connectivity index (χ3v) is 5.94. The van der Waals surface area contributed by atoms with Crippen LogP contribution >= 0.6 is 23.4 Å². The van der Waals surface area contributed by atoms with E-state index >= 15 is 0 Å². The summed E-state index contributed by atoms with van der Waals surface area (Å²) in [5, 5.41) is 7.59. The van der Waals surface area contributed by atoms with Crippen molar-refractivity contribution in [3.05, 3.63) is 88.1 Å². The van der Waals surface area contributed by atoms with E-state index in [0.717, 1.165) is 43.2 Å². The first kappa shape index (κ1) is 20.1. The van der Waals surface area contributed by atoms with Crippen molar-refractivity contribution in [1.82, 2.24) is 10.3 Å². The lowest BCUT2D eigenvalue weighted by atomic mass is 10.1. The number of fused-ring (bicyclic) bond motifs is 3. The molecule has 28 heavy (non-hydrogen) atoms. The fraction of sp³-hybridized carbons (Fsp3) is 0.136. The second kappa shape index (κ2) is 8.59. The highest BCUT2D eigenvalue weighted by Gasteiger charge is 2.15. The van der Waals surface area contributed by atoms with Crippen LogP contribution in [0.25, 0.3) is 16.5 Å². The second-order valence-electron chi connectivity index (χ2n) is 6.17. The Morgan fingerprint density at radius 2 is 2.11 bits per heavy atom. The van der Waals surface area contributed by atoms with Crippen molar-refractivity contribution >= 4 is 45.0 Å². The van der Waals surface area contributed by atoms with Gasteiger partial charge in [0, 0.05) is 45.1 Å². The predicted octanol–water partition coefficient (Wildman–Crippen LogP) is 4.05. The molecule has 2 aromatic rings. The number of thioether (sulfide) groups is 1. The number of hydrogen-bond acceptors (Lipinski definition) is 4. The molecule has 0 saturated heterocycles. The normalized spacial score (nSPS) is 14.2. The third kappa shape index (κ3) is 3.96. The van der Waals surface area contributed by atoms with Crippen LogP contribution < -0.4 is 15.9 Å². The van der Waals surface area contributed by atoms with E-state index in [2.05, 4.69) is 52.2 Å². The van der Waals surface area contributed by atoms with Gasteiger partial charge in [-0.3, -0.25) is 15.0 Å². The molecule has 142 valence electrons. The van der Waals surface area contributed by atoms with Crippen LogP contribution in [0.3, 0.4) is 0 Å².